The highest BCUT2D eigenvalue weighted by molar-refractivity contribution is 7.11. The Labute approximate surface area is 128 Å². The van der Waals surface area contributed by atoms with Crippen LogP contribution in [0, 0.1) is 0 Å². The first kappa shape index (κ1) is 16.0. The number of hydrogen-bond acceptors (Lipinski definition) is 3. The van der Waals surface area contributed by atoms with Crippen molar-refractivity contribution in [2.24, 2.45) is 0 Å². The molecule has 1 heterocycles. The average molecular weight is 295 g/mol. The van der Waals surface area contributed by atoms with Gasteiger partial charge in [-0.15, -0.1) is 11.3 Å². The molecule has 1 aliphatic rings. The monoisotopic (exact) mass is 294 g/mol. The van der Waals surface area contributed by atoms with Gasteiger partial charge in [-0.05, 0) is 25.3 Å². The summed E-state index contributed by atoms with van der Waals surface area (Å²) in [6.45, 7) is 8.74. The Hall–Kier alpha value is -0.410. The number of nitrogens with one attached hydrogen (secondary N) is 1. The molecule has 0 aromatic carbocycles. The van der Waals surface area contributed by atoms with Gasteiger partial charge in [0.05, 0.1) is 10.7 Å². The molecule has 1 saturated carbocycles. The van der Waals surface area contributed by atoms with Crippen molar-refractivity contribution in [2.45, 2.75) is 84.1 Å². The molecule has 3 heteroatoms. The van der Waals surface area contributed by atoms with Gasteiger partial charge in [-0.25, -0.2) is 4.98 Å². The smallest absolute Gasteiger partial charge is 0.0962 e. The molecule has 0 radical (unpaired) electrons. The molecule has 1 aromatic rings. The lowest BCUT2D eigenvalue weighted by atomic mass is 9.91. The summed E-state index contributed by atoms with van der Waals surface area (Å²) in [5.41, 5.74) is 1.34. The summed E-state index contributed by atoms with van der Waals surface area (Å²) >= 11 is 1.98. The van der Waals surface area contributed by atoms with Crippen LogP contribution in [0.3, 0.4) is 0 Å². The van der Waals surface area contributed by atoms with Crippen LogP contribution in [0.5, 0.6) is 0 Å². The summed E-state index contributed by atoms with van der Waals surface area (Å²) < 4.78 is 0. The Morgan fingerprint density at radius 1 is 1.15 bits per heavy atom. The molecular formula is C17H30N2S. The van der Waals surface area contributed by atoms with E-state index in [9.17, 15) is 0 Å². The minimum Gasteiger partial charge on any atom is -0.312 e. The molecule has 1 N–H and O–H groups in total. The molecule has 0 bridgehead atoms. The summed E-state index contributed by atoms with van der Waals surface area (Å²) in [4.78, 5) is 6.51. The molecule has 1 fully saturated rings. The molecule has 0 amide bonds. The van der Waals surface area contributed by atoms with Gasteiger partial charge < -0.3 is 5.32 Å². The SMILES string of the molecule is CCNCc1sc(C2CCCCCCC2)nc1C(C)C. The average Bonchev–Trinajstić information content (AvgIpc) is 2.80. The van der Waals surface area contributed by atoms with Crippen LogP contribution in [0.15, 0.2) is 0 Å². The third kappa shape index (κ3) is 4.29. The molecule has 1 aliphatic carbocycles. The van der Waals surface area contributed by atoms with E-state index in [2.05, 4.69) is 26.1 Å². The number of nitrogens with zero attached hydrogens (tertiary/aromatic N) is 1. The molecule has 114 valence electrons. The predicted octanol–water partition coefficient (Wildman–Crippen LogP) is 5.20. The quantitative estimate of drug-likeness (QED) is 0.807. The first-order valence-corrected chi connectivity index (χ1v) is 9.24. The third-order valence-electron chi connectivity index (χ3n) is 4.28. The second kappa shape index (κ2) is 8.14. The van der Waals surface area contributed by atoms with E-state index in [0.29, 0.717) is 5.92 Å². The largest absolute Gasteiger partial charge is 0.312 e. The van der Waals surface area contributed by atoms with E-state index in [-0.39, 0.29) is 0 Å². The van der Waals surface area contributed by atoms with Gasteiger partial charge in [-0.3, -0.25) is 0 Å². The number of hydrogen-bond donors (Lipinski definition) is 1. The fourth-order valence-corrected chi connectivity index (χ4v) is 4.44. The molecule has 2 rings (SSSR count). The van der Waals surface area contributed by atoms with Gasteiger partial charge in [-0.2, -0.15) is 0 Å². The van der Waals surface area contributed by atoms with E-state index in [0.717, 1.165) is 19.0 Å². The van der Waals surface area contributed by atoms with Crippen LogP contribution < -0.4 is 5.32 Å². The summed E-state index contributed by atoms with van der Waals surface area (Å²) in [6, 6.07) is 0. The minimum atomic E-state index is 0.544. The molecule has 20 heavy (non-hydrogen) atoms. The maximum absolute atomic E-state index is 5.04. The molecule has 0 unspecified atom stereocenters. The Balaban J connectivity index is 2.13. The minimum absolute atomic E-state index is 0.544. The van der Waals surface area contributed by atoms with E-state index in [1.54, 1.807) is 0 Å². The summed E-state index contributed by atoms with van der Waals surface area (Å²) in [5.74, 6) is 1.27. The topological polar surface area (TPSA) is 24.9 Å². The van der Waals surface area contributed by atoms with Crippen molar-refractivity contribution in [3.8, 4) is 0 Å². The first-order chi connectivity index (χ1) is 9.72. The summed E-state index contributed by atoms with van der Waals surface area (Å²) in [7, 11) is 0. The van der Waals surface area contributed by atoms with Crippen molar-refractivity contribution >= 4 is 11.3 Å². The lowest BCUT2D eigenvalue weighted by Gasteiger charge is -2.17. The lowest BCUT2D eigenvalue weighted by molar-refractivity contribution is 0.454. The normalized spacial score (nSPS) is 18.2. The van der Waals surface area contributed by atoms with Crippen LogP contribution in [0.4, 0.5) is 0 Å². The second-order valence-corrected chi connectivity index (χ2v) is 7.45. The Kier molecular flexibility index (Phi) is 6.50. The number of aromatic nitrogens is 1. The van der Waals surface area contributed by atoms with Crippen LogP contribution in [-0.4, -0.2) is 11.5 Å². The van der Waals surface area contributed by atoms with Gasteiger partial charge in [0, 0.05) is 17.3 Å². The maximum atomic E-state index is 5.04. The summed E-state index contributed by atoms with van der Waals surface area (Å²) in [5, 5.41) is 4.89. The zero-order chi connectivity index (χ0) is 14.4. The van der Waals surface area contributed by atoms with Crippen molar-refractivity contribution in [1.29, 1.82) is 0 Å². The fraction of sp³-hybridized carbons (Fsp3) is 0.824. The second-order valence-electron chi connectivity index (χ2n) is 6.34. The van der Waals surface area contributed by atoms with E-state index >= 15 is 0 Å². The lowest BCUT2D eigenvalue weighted by Crippen LogP contribution is -2.12. The van der Waals surface area contributed by atoms with Gasteiger partial charge >= 0.3 is 0 Å². The molecule has 0 atom stereocenters. The van der Waals surface area contributed by atoms with Gasteiger partial charge in [-0.1, -0.05) is 52.9 Å². The van der Waals surface area contributed by atoms with Gasteiger partial charge in [0.2, 0.25) is 0 Å². The Morgan fingerprint density at radius 2 is 1.80 bits per heavy atom. The zero-order valence-electron chi connectivity index (χ0n) is 13.4. The fourth-order valence-electron chi connectivity index (χ4n) is 3.08. The Morgan fingerprint density at radius 3 is 2.40 bits per heavy atom. The molecule has 0 spiro atoms. The van der Waals surface area contributed by atoms with E-state index in [1.165, 1.54) is 60.5 Å². The molecule has 2 nitrogen and oxygen atoms in total. The highest BCUT2D eigenvalue weighted by Crippen LogP contribution is 2.36. The van der Waals surface area contributed by atoms with Gasteiger partial charge in [0.15, 0.2) is 0 Å². The van der Waals surface area contributed by atoms with Crippen LogP contribution in [0.25, 0.3) is 0 Å². The number of rotatable bonds is 5. The predicted molar refractivity (Wildman–Crippen MR) is 88.6 cm³/mol. The van der Waals surface area contributed by atoms with Gasteiger partial charge in [0.25, 0.3) is 0 Å². The van der Waals surface area contributed by atoms with Gasteiger partial charge in [0.1, 0.15) is 0 Å². The van der Waals surface area contributed by atoms with Crippen LogP contribution in [0.2, 0.25) is 0 Å². The first-order valence-electron chi connectivity index (χ1n) is 8.42. The Bertz CT molecular complexity index is 390. The number of thiazole rings is 1. The van der Waals surface area contributed by atoms with Crippen molar-refractivity contribution in [1.82, 2.24) is 10.3 Å². The van der Waals surface area contributed by atoms with Crippen LogP contribution in [-0.2, 0) is 6.54 Å². The van der Waals surface area contributed by atoms with Crippen molar-refractivity contribution in [3.05, 3.63) is 15.6 Å². The molecule has 0 aliphatic heterocycles. The highest BCUT2D eigenvalue weighted by Gasteiger charge is 2.21. The van der Waals surface area contributed by atoms with E-state index < -0.39 is 0 Å². The van der Waals surface area contributed by atoms with Crippen LogP contribution >= 0.6 is 11.3 Å². The standard InChI is InChI=1S/C17H30N2S/c1-4-18-12-15-16(13(2)3)19-17(20-15)14-10-8-6-5-7-9-11-14/h13-14,18H,4-12H2,1-3H3. The molecular weight excluding hydrogens is 264 g/mol. The van der Waals surface area contributed by atoms with E-state index in [4.69, 9.17) is 4.98 Å². The third-order valence-corrected chi connectivity index (χ3v) is 5.51. The highest BCUT2D eigenvalue weighted by atomic mass is 32.1. The zero-order valence-corrected chi connectivity index (χ0v) is 14.2. The van der Waals surface area contributed by atoms with Crippen molar-refractivity contribution in [2.75, 3.05) is 6.54 Å². The molecule has 1 aromatic heterocycles. The summed E-state index contributed by atoms with van der Waals surface area (Å²) in [6.07, 6.45) is 9.77. The van der Waals surface area contributed by atoms with Crippen molar-refractivity contribution < 1.29 is 0 Å². The maximum Gasteiger partial charge on any atom is 0.0962 e. The van der Waals surface area contributed by atoms with Crippen LogP contribution in [0.1, 0.15) is 93.1 Å². The van der Waals surface area contributed by atoms with Crippen molar-refractivity contribution in [3.63, 3.8) is 0 Å². The molecule has 0 saturated heterocycles. The van der Waals surface area contributed by atoms with E-state index in [1.807, 2.05) is 11.3 Å².